The fourth-order valence-corrected chi connectivity index (χ4v) is 3.40. The van der Waals surface area contributed by atoms with Crippen molar-refractivity contribution in [2.45, 2.75) is 32.6 Å². The van der Waals surface area contributed by atoms with Crippen LogP contribution in [-0.2, 0) is 11.2 Å². The van der Waals surface area contributed by atoms with Gasteiger partial charge in [-0.25, -0.2) is 0 Å². The van der Waals surface area contributed by atoms with Gasteiger partial charge in [-0.1, -0.05) is 18.8 Å². The third-order valence-electron chi connectivity index (χ3n) is 4.69. The fourth-order valence-electron chi connectivity index (χ4n) is 3.40. The van der Waals surface area contributed by atoms with Crippen LogP contribution in [0.15, 0.2) is 18.2 Å². The number of nitrogens with one attached hydrogen (secondary N) is 1. The van der Waals surface area contributed by atoms with Crippen LogP contribution >= 0.6 is 0 Å². The monoisotopic (exact) mass is 282 g/mol. The summed E-state index contributed by atoms with van der Waals surface area (Å²) in [6, 6.07) is 5.96. The van der Waals surface area contributed by atoms with Gasteiger partial charge < -0.3 is 11.1 Å². The Bertz CT molecular complexity index is 601. The third kappa shape index (κ3) is 3.11. The van der Waals surface area contributed by atoms with E-state index in [9.17, 15) is 4.79 Å². The van der Waals surface area contributed by atoms with Crippen LogP contribution in [0.25, 0.3) is 0 Å². The number of hydrogen-bond donors (Lipinski definition) is 2. The van der Waals surface area contributed by atoms with Crippen molar-refractivity contribution in [1.82, 2.24) is 0 Å². The van der Waals surface area contributed by atoms with Gasteiger partial charge in [0, 0.05) is 17.2 Å². The fraction of sp³-hybridized carbons (Fsp3) is 0.500. The van der Waals surface area contributed by atoms with E-state index in [1.165, 1.54) is 6.42 Å². The molecule has 0 spiro atoms. The maximum Gasteiger partial charge on any atom is 0.227 e. The molecule has 2 atom stereocenters. The molecule has 2 aliphatic rings. The number of benzene rings is 1. The van der Waals surface area contributed by atoms with E-state index in [0.717, 1.165) is 47.9 Å². The van der Waals surface area contributed by atoms with Crippen LogP contribution in [0.3, 0.4) is 0 Å². The van der Waals surface area contributed by atoms with Gasteiger partial charge in [0.25, 0.3) is 0 Å². The second-order valence-corrected chi connectivity index (χ2v) is 6.14. The van der Waals surface area contributed by atoms with Crippen molar-refractivity contribution in [2.75, 3.05) is 11.9 Å². The van der Waals surface area contributed by atoms with E-state index < -0.39 is 0 Å². The summed E-state index contributed by atoms with van der Waals surface area (Å²) < 4.78 is 0. The van der Waals surface area contributed by atoms with Gasteiger partial charge in [-0.3, -0.25) is 4.79 Å². The first kappa shape index (κ1) is 14.2. The topological polar surface area (TPSA) is 55.1 Å². The molecule has 1 amide bonds. The number of amides is 1. The second kappa shape index (κ2) is 5.91. The highest BCUT2D eigenvalue weighted by Crippen LogP contribution is 2.54. The number of fused-ring (bicyclic) bond motifs is 1. The molecule has 0 saturated heterocycles. The summed E-state index contributed by atoms with van der Waals surface area (Å²) in [5.74, 6) is 7.98. The van der Waals surface area contributed by atoms with Crippen molar-refractivity contribution in [3.8, 4) is 11.8 Å². The number of hydrogen-bond acceptors (Lipinski definition) is 2. The maximum atomic E-state index is 12.4. The van der Waals surface area contributed by atoms with E-state index in [0.29, 0.717) is 6.54 Å². The normalized spacial score (nSPS) is 25.7. The lowest BCUT2D eigenvalue weighted by molar-refractivity contribution is -0.120. The van der Waals surface area contributed by atoms with Crippen molar-refractivity contribution in [3.63, 3.8) is 0 Å². The molecule has 21 heavy (non-hydrogen) atoms. The van der Waals surface area contributed by atoms with Gasteiger partial charge in [-0.15, -0.1) is 0 Å². The molecule has 0 aromatic heterocycles. The Balaban J connectivity index is 1.70. The van der Waals surface area contributed by atoms with Crippen molar-refractivity contribution in [1.29, 1.82) is 0 Å². The molecule has 0 heterocycles. The summed E-state index contributed by atoms with van der Waals surface area (Å²) in [6.45, 7) is 2.46. The van der Waals surface area contributed by atoms with Gasteiger partial charge in [0.05, 0.1) is 6.54 Å². The molecule has 0 bridgehead atoms. The first-order chi connectivity index (χ1) is 10.2. The number of aryl methyl sites for hydroxylation is 1. The number of nitrogens with two attached hydrogens (primary N) is 1. The number of carbonyl (C=O) groups excluding carboxylic acids is 1. The van der Waals surface area contributed by atoms with Crippen LogP contribution in [-0.4, -0.2) is 12.5 Å². The number of rotatable bonds is 3. The molecule has 110 valence electrons. The highest BCUT2D eigenvalue weighted by atomic mass is 16.1. The van der Waals surface area contributed by atoms with E-state index in [4.69, 9.17) is 5.73 Å². The average molecular weight is 282 g/mol. The Hall–Kier alpha value is -1.79. The predicted octanol–water partition coefficient (Wildman–Crippen LogP) is 2.54. The van der Waals surface area contributed by atoms with E-state index in [1.807, 2.05) is 18.2 Å². The second-order valence-electron chi connectivity index (χ2n) is 6.14. The zero-order valence-electron chi connectivity index (χ0n) is 12.5. The van der Waals surface area contributed by atoms with Crippen LogP contribution in [0, 0.1) is 29.6 Å². The standard InChI is InChI=1S/C18H22N2O/c1-2-13-8-12(4-3-7-19)5-6-17(13)20-18(21)16-10-14-9-15(14)11-16/h5-6,8,14-16H,2,7,9-11,19H2,1H3,(H,20,21). The molecule has 1 aromatic rings. The molecule has 3 rings (SSSR count). The zero-order valence-corrected chi connectivity index (χ0v) is 12.5. The van der Waals surface area contributed by atoms with Gasteiger partial charge in [0.15, 0.2) is 0 Å². The maximum absolute atomic E-state index is 12.4. The smallest absolute Gasteiger partial charge is 0.227 e. The first-order valence-electron chi connectivity index (χ1n) is 7.84. The van der Waals surface area contributed by atoms with Gasteiger partial charge in [-0.05, 0) is 61.3 Å². The predicted molar refractivity (Wildman–Crippen MR) is 84.7 cm³/mol. The third-order valence-corrected chi connectivity index (χ3v) is 4.69. The Labute approximate surface area is 126 Å². The summed E-state index contributed by atoms with van der Waals surface area (Å²) in [7, 11) is 0. The molecule has 2 fully saturated rings. The molecule has 3 N–H and O–H groups in total. The first-order valence-corrected chi connectivity index (χ1v) is 7.84. The minimum atomic E-state index is 0.192. The van der Waals surface area contributed by atoms with Crippen molar-refractivity contribution in [3.05, 3.63) is 29.3 Å². The summed E-state index contributed by atoms with van der Waals surface area (Å²) in [4.78, 5) is 12.4. The Morgan fingerprint density at radius 1 is 1.33 bits per heavy atom. The molecule has 2 saturated carbocycles. The van der Waals surface area contributed by atoms with Crippen molar-refractivity contribution < 1.29 is 4.79 Å². The minimum Gasteiger partial charge on any atom is -0.326 e. The van der Waals surface area contributed by atoms with Gasteiger partial charge in [0.2, 0.25) is 5.91 Å². The average Bonchev–Trinajstić information content (AvgIpc) is 3.12. The van der Waals surface area contributed by atoms with Gasteiger partial charge >= 0.3 is 0 Å². The van der Waals surface area contributed by atoms with E-state index in [1.54, 1.807) is 0 Å². The summed E-state index contributed by atoms with van der Waals surface area (Å²) in [5, 5.41) is 3.12. The molecule has 0 radical (unpaired) electrons. The molecule has 1 aromatic carbocycles. The largest absolute Gasteiger partial charge is 0.326 e. The van der Waals surface area contributed by atoms with Crippen LogP contribution < -0.4 is 11.1 Å². The van der Waals surface area contributed by atoms with Crippen LogP contribution in [0.2, 0.25) is 0 Å². The van der Waals surface area contributed by atoms with Crippen LogP contribution in [0.5, 0.6) is 0 Å². The van der Waals surface area contributed by atoms with E-state index >= 15 is 0 Å². The van der Waals surface area contributed by atoms with Crippen molar-refractivity contribution >= 4 is 11.6 Å². The molecule has 3 heteroatoms. The van der Waals surface area contributed by atoms with Crippen molar-refractivity contribution in [2.24, 2.45) is 23.5 Å². The quantitative estimate of drug-likeness (QED) is 0.837. The van der Waals surface area contributed by atoms with Gasteiger partial charge in [-0.2, -0.15) is 0 Å². The van der Waals surface area contributed by atoms with Crippen LogP contribution in [0.1, 0.15) is 37.3 Å². The summed E-state index contributed by atoms with van der Waals surface area (Å²) >= 11 is 0. The number of anilines is 1. The SMILES string of the molecule is CCc1cc(C#CCN)ccc1NC(=O)C1CC2CC2C1. The Morgan fingerprint density at radius 3 is 2.76 bits per heavy atom. The molecule has 3 nitrogen and oxygen atoms in total. The summed E-state index contributed by atoms with van der Waals surface area (Å²) in [6.07, 6.45) is 4.39. The molecule has 2 aliphatic carbocycles. The molecular weight excluding hydrogens is 260 g/mol. The Kier molecular flexibility index (Phi) is 3.98. The highest BCUT2D eigenvalue weighted by Gasteiger charge is 2.47. The molecule has 2 unspecified atom stereocenters. The Morgan fingerprint density at radius 2 is 2.10 bits per heavy atom. The lowest BCUT2D eigenvalue weighted by Crippen LogP contribution is -2.22. The number of carbonyl (C=O) groups is 1. The van der Waals surface area contributed by atoms with E-state index in [2.05, 4.69) is 24.1 Å². The lowest BCUT2D eigenvalue weighted by Gasteiger charge is -2.15. The highest BCUT2D eigenvalue weighted by molar-refractivity contribution is 5.93. The zero-order chi connectivity index (χ0) is 14.8. The minimum absolute atomic E-state index is 0.192. The lowest BCUT2D eigenvalue weighted by atomic mass is 10.0. The molecule has 0 aliphatic heterocycles. The van der Waals surface area contributed by atoms with Gasteiger partial charge in [0.1, 0.15) is 0 Å². The van der Waals surface area contributed by atoms with E-state index in [-0.39, 0.29) is 11.8 Å². The summed E-state index contributed by atoms with van der Waals surface area (Å²) in [5.41, 5.74) is 8.42. The van der Waals surface area contributed by atoms with Crippen LogP contribution in [0.4, 0.5) is 5.69 Å². The molecular formula is C18H22N2O.